The van der Waals surface area contributed by atoms with Crippen molar-refractivity contribution in [1.82, 2.24) is 15.2 Å². The summed E-state index contributed by atoms with van der Waals surface area (Å²) in [5.74, 6) is -0.351. The van der Waals surface area contributed by atoms with Crippen LogP contribution in [0.1, 0.15) is 18.5 Å². The summed E-state index contributed by atoms with van der Waals surface area (Å²) in [6.07, 6.45) is 3.21. The topological polar surface area (TPSA) is 124 Å². The summed E-state index contributed by atoms with van der Waals surface area (Å²) in [7, 11) is 0. The second-order valence-corrected chi connectivity index (χ2v) is 5.47. The number of likely N-dealkylation sites (tertiary alicyclic amines) is 1. The third-order valence-corrected chi connectivity index (χ3v) is 3.76. The SMILES string of the molecule is N#Cc1ccc(NC(=O)NCCN2CCCC(C(N)=O)C2)cn1. The fourth-order valence-electron chi connectivity index (χ4n) is 2.53. The average molecular weight is 316 g/mol. The van der Waals surface area contributed by atoms with Gasteiger partial charge in [-0.2, -0.15) is 5.26 Å². The highest BCUT2D eigenvalue weighted by molar-refractivity contribution is 5.89. The number of hydrogen-bond acceptors (Lipinski definition) is 5. The van der Waals surface area contributed by atoms with Crippen LogP contribution < -0.4 is 16.4 Å². The molecule has 1 saturated heterocycles. The van der Waals surface area contributed by atoms with Gasteiger partial charge in [-0.3, -0.25) is 4.79 Å². The maximum absolute atomic E-state index is 11.8. The fraction of sp³-hybridized carbons (Fsp3) is 0.467. The highest BCUT2D eigenvalue weighted by atomic mass is 16.2. The van der Waals surface area contributed by atoms with Crippen molar-refractivity contribution in [1.29, 1.82) is 5.26 Å². The van der Waals surface area contributed by atoms with Crippen molar-refractivity contribution in [2.24, 2.45) is 11.7 Å². The molecule has 0 aromatic carbocycles. The Hall–Kier alpha value is -2.66. The molecule has 122 valence electrons. The molecule has 23 heavy (non-hydrogen) atoms. The smallest absolute Gasteiger partial charge is 0.319 e. The van der Waals surface area contributed by atoms with Crippen LogP contribution in [0.4, 0.5) is 10.5 Å². The van der Waals surface area contributed by atoms with Crippen LogP contribution in [0.15, 0.2) is 18.3 Å². The van der Waals surface area contributed by atoms with Crippen LogP contribution in [0.5, 0.6) is 0 Å². The van der Waals surface area contributed by atoms with Crippen molar-refractivity contribution in [3.8, 4) is 6.07 Å². The van der Waals surface area contributed by atoms with E-state index in [2.05, 4.69) is 20.5 Å². The Labute approximate surface area is 134 Å². The van der Waals surface area contributed by atoms with Crippen molar-refractivity contribution in [2.45, 2.75) is 12.8 Å². The van der Waals surface area contributed by atoms with Crippen LogP contribution >= 0.6 is 0 Å². The van der Waals surface area contributed by atoms with Gasteiger partial charge in [0.2, 0.25) is 5.91 Å². The van der Waals surface area contributed by atoms with Gasteiger partial charge in [-0.15, -0.1) is 0 Å². The molecule has 1 aliphatic rings. The second-order valence-electron chi connectivity index (χ2n) is 5.47. The van der Waals surface area contributed by atoms with Gasteiger partial charge < -0.3 is 21.3 Å². The number of nitrogens with one attached hydrogen (secondary N) is 2. The van der Waals surface area contributed by atoms with Crippen LogP contribution in [0.2, 0.25) is 0 Å². The Balaban J connectivity index is 1.70. The van der Waals surface area contributed by atoms with E-state index in [4.69, 9.17) is 11.0 Å². The molecule has 8 nitrogen and oxygen atoms in total. The van der Waals surface area contributed by atoms with Crippen molar-refractivity contribution in [2.75, 3.05) is 31.5 Å². The number of nitriles is 1. The summed E-state index contributed by atoms with van der Waals surface area (Å²) < 4.78 is 0. The van der Waals surface area contributed by atoms with Crippen molar-refractivity contribution in [3.63, 3.8) is 0 Å². The van der Waals surface area contributed by atoms with E-state index >= 15 is 0 Å². The average Bonchev–Trinajstić information content (AvgIpc) is 2.56. The molecule has 1 aromatic heterocycles. The highest BCUT2D eigenvalue weighted by Crippen LogP contribution is 2.15. The first-order valence-electron chi connectivity index (χ1n) is 7.51. The van der Waals surface area contributed by atoms with Crippen LogP contribution in [0.3, 0.4) is 0 Å². The summed E-state index contributed by atoms with van der Waals surface area (Å²) in [5, 5.41) is 14.1. The lowest BCUT2D eigenvalue weighted by molar-refractivity contribution is -0.123. The Bertz CT molecular complexity index is 595. The van der Waals surface area contributed by atoms with Gasteiger partial charge in [-0.25, -0.2) is 9.78 Å². The Morgan fingerprint density at radius 2 is 2.30 bits per heavy atom. The van der Waals surface area contributed by atoms with Gasteiger partial charge in [0.1, 0.15) is 11.8 Å². The molecule has 0 bridgehead atoms. The molecule has 1 fully saturated rings. The lowest BCUT2D eigenvalue weighted by atomic mass is 9.97. The van der Waals surface area contributed by atoms with Gasteiger partial charge in [0.15, 0.2) is 0 Å². The highest BCUT2D eigenvalue weighted by Gasteiger charge is 2.23. The van der Waals surface area contributed by atoms with E-state index < -0.39 is 0 Å². The number of piperidine rings is 1. The van der Waals surface area contributed by atoms with Gasteiger partial charge in [-0.05, 0) is 31.5 Å². The number of carbonyl (C=O) groups is 2. The molecule has 3 amide bonds. The minimum absolute atomic E-state index is 0.0951. The predicted molar refractivity (Wildman–Crippen MR) is 84.3 cm³/mol. The molecule has 2 rings (SSSR count). The number of aromatic nitrogens is 1. The van der Waals surface area contributed by atoms with E-state index in [9.17, 15) is 9.59 Å². The molecule has 2 heterocycles. The molecule has 0 saturated carbocycles. The van der Waals surface area contributed by atoms with Gasteiger partial charge in [0.25, 0.3) is 0 Å². The lowest BCUT2D eigenvalue weighted by Gasteiger charge is -2.31. The molecule has 1 aliphatic heterocycles. The van der Waals surface area contributed by atoms with E-state index in [1.165, 1.54) is 12.3 Å². The molecular weight excluding hydrogens is 296 g/mol. The zero-order chi connectivity index (χ0) is 16.7. The number of carbonyl (C=O) groups excluding carboxylic acids is 2. The Morgan fingerprint density at radius 3 is 2.96 bits per heavy atom. The van der Waals surface area contributed by atoms with Gasteiger partial charge in [0.05, 0.1) is 17.8 Å². The lowest BCUT2D eigenvalue weighted by Crippen LogP contribution is -2.44. The molecule has 0 spiro atoms. The normalized spacial score (nSPS) is 18.0. The fourth-order valence-corrected chi connectivity index (χ4v) is 2.53. The summed E-state index contributed by atoms with van der Waals surface area (Å²) in [6, 6.07) is 4.73. The number of pyridine rings is 1. The van der Waals surface area contributed by atoms with Crippen molar-refractivity contribution < 1.29 is 9.59 Å². The van der Waals surface area contributed by atoms with Gasteiger partial charge >= 0.3 is 6.03 Å². The first-order valence-corrected chi connectivity index (χ1v) is 7.51. The number of rotatable bonds is 5. The molecule has 0 aliphatic carbocycles. The zero-order valence-corrected chi connectivity index (χ0v) is 12.8. The van der Waals surface area contributed by atoms with Gasteiger partial charge in [0, 0.05) is 19.6 Å². The molecule has 0 radical (unpaired) electrons. The van der Waals surface area contributed by atoms with Crippen LogP contribution in [0.25, 0.3) is 0 Å². The molecule has 1 aromatic rings. The predicted octanol–water partition coefficient (Wildman–Crippen LogP) is 0.272. The standard InChI is InChI=1S/C15H20N6O2/c16-8-12-3-4-13(9-19-12)20-15(23)18-5-7-21-6-1-2-11(10-21)14(17)22/h3-4,9,11H,1-2,5-7,10H2,(H2,17,22)(H2,18,20,23). The number of urea groups is 1. The number of primary amides is 1. The van der Waals surface area contributed by atoms with Crippen molar-refractivity contribution in [3.05, 3.63) is 24.0 Å². The number of amides is 3. The molecule has 4 N–H and O–H groups in total. The number of anilines is 1. The number of hydrogen-bond donors (Lipinski definition) is 3. The van der Waals surface area contributed by atoms with E-state index in [1.807, 2.05) is 6.07 Å². The van der Waals surface area contributed by atoms with Crippen molar-refractivity contribution >= 4 is 17.6 Å². The van der Waals surface area contributed by atoms with Gasteiger partial charge in [-0.1, -0.05) is 0 Å². The molecule has 8 heteroatoms. The first kappa shape index (κ1) is 16.7. The summed E-state index contributed by atoms with van der Waals surface area (Å²) >= 11 is 0. The van der Waals surface area contributed by atoms with Crippen LogP contribution in [-0.2, 0) is 4.79 Å². The van der Waals surface area contributed by atoms with E-state index in [-0.39, 0.29) is 17.9 Å². The maximum atomic E-state index is 11.8. The third kappa shape index (κ3) is 5.23. The summed E-state index contributed by atoms with van der Waals surface area (Å²) in [6.45, 7) is 2.70. The quantitative estimate of drug-likeness (QED) is 0.719. The summed E-state index contributed by atoms with van der Waals surface area (Å²) in [5.41, 5.74) is 6.16. The largest absolute Gasteiger partial charge is 0.369 e. The Kier molecular flexibility index (Phi) is 5.88. The number of nitrogens with zero attached hydrogens (tertiary/aromatic N) is 3. The zero-order valence-electron chi connectivity index (χ0n) is 12.8. The monoisotopic (exact) mass is 316 g/mol. The van der Waals surface area contributed by atoms with E-state index in [0.717, 1.165) is 19.4 Å². The second kappa shape index (κ2) is 8.10. The first-order chi connectivity index (χ1) is 11.1. The number of nitrogens with two attached hydrogens (primary N) is 1. The Morgan fingerprint density at radius 1 is 1.48 bits per heavy atom. The summed E-state index contributed by atoms with van der Waals surface area (Å²) in [4.78, 5) is 29.0. The minimum Gasteiger partial charge on any atom is -0.369 e. The van der Waals surface area contributed by atoms with E-state index in [1.54, 1.807) is 6.07 Å². The maximum Gasteiger partial charge on any atom is 0.319 e. The van der Waals surface area contributed by atoms with Crippen LogP contribution in [-0.4, -0.2) is 48.0 Å². The molecule has 1 unspecified atom stereocenters. The molecular formula is C15H20N6O2. The van der Waals surface area contributed by atoms with Crippen LogP contribution in [0, 0.1) is 17.2 Å². The third-order valence-electron chi connectivity index (χ3n) is 3.76. The van der Waals surface area contributed by atoms with E-state index in [0.29, 0.717) is 31.0 Å². The molecule has 1 atom stereocenters. The minimum atomic E-state index is -0.333.